The molecule has 1 saturated heterocycles. The lowest BCUT2D eigenvalue weighted by molar-refractivity contribution is -0.0459. The Morgan fingerprint density at radius 3 is 2.45 bits per heavy atom. The van der Waals surface area contributed by atoms with E-state index in [-0.39, 0.29) is 25.1 Å². The van der Waals surface area contributed by atoms with Gasteiger partial charge in [-0.05, 0) is 43.6 Å². The Kier molecular flexibility index (Phi) is 6.79. The van der Waals surface area contributed by atoms with Crippen LogP contribution in [-0.4, -0.2) is 52.7 Å². The van der Waals surface area contributed by atoms with Gasteiger partial charge in [0.15, 0.2) is 0 Å². The monoisotopic (exact) mass is 579 g/mol. The van der Waals surface area contributed by atoms with Gasteiger partial charge >= 0.3 is 13.5 Å². The average molecular weight is 580 g/mol. The standard InChI is InChI=1S/C28H30N3O7PSi/c1-40(2,23-11-9-19-7-6-17-4-3-5-18-8-10-20(23)27(19)26(17)18)16-37-39(34,35)36-15-22-21(32)14-25(38-22)31-13-12-24(29)30-28(31)33/h3-13,21-22,25,32H,14-16H2,1-2H3,(H,34,35)(H2,29,30,33)/t21-,22+,25+/m0/s1. The lowest BCUT2D eigenvalue weighted by Crippen LogP contribution is -2.46. The van der Waals surface area contributed by atoms with Crippen LogP contribution in [0.5, 0.6) is 0 Å². The van der Waals surface area contributed by atoms with Crippen molar-refractivity contribution in [2.75, 3.05) is 18.6 Å². The Bertz CT molecular complexity index is 1810. The van der Waals surface area contributed by atoms with Crippen LogP contribution < -0.4 is 16.6 Å². The summed E-state index contributed by atoms with van der Waals surface area (Å²) in [5, 5.41) is 18.6. The molecule has 1 aliphatic heterocycles. The third-order valence-electron chi connectivity index (χ3n) is 7.61. The van der Waals surface area contributed by atoms with Crippen LogP contribution in [0.3, 0.4) is 0 Å². The third-order valence-corrected chi connectivity index (χ3v) is 11.5. The zero-order valence-corrected chi connectivity index (χ0v) is 24.0. The maximum Gasteiger partial charge on any atom is 0.471 e. The molecule has 10 nitrogen and oxygen atoms in total. The van der Waals surface area contributed by atoms with Crippen LogP contribution >= 0.6 is 7.82 Å². The SMILES string of the molecule is C[Si](C)(COP(=O)(O)OC[C@H]1O[C@@H](n2ccc(N)nc2=O)C[C@@H]1O)c1ccc2ccc3cccc4ccc1c2c34. The molecule has 1 aromatic heterocycles. The fraction of sp³-hybridized carbons (Fsp3) is 0.286. The second kappa shape index (κ2) is 10.0. The van der Waals surface area contributed by atoms with E-state index >= 15 is 0 Å². The first kappa shape index (κ1) is 27.0. The van der Waals surface area contributed by atoms with Gasteiger partial charge in [-0.2, -0.15) is 4.98 Å². The van der Waals surface area contributed by atoms with Gasteiger partial charge in [0.25, 0.3) is 0 Å². The van der Waals surface area contributed by atoms with Crippen molar-refractivity contribution in [1.82, 2.24) is 9.55 Å². The molecule has 40 heavy (non-hydrogen) atoms. The number of anilines is 1. The number of benzene rings is 4. The highest BCUT2D eigenvalue weighted by atomic mass is 31.2. The zero-order chi connectivity index (χ0) is 28.2. The van der Waals surface area contributed by atoms with Gasteiger partial charge in [-0.15, -0.1) is 0 Å². The largest absolute Gasteiger partial charge is 0.471 e. The molecule has 0 aliphatic carbocycles. The number of nitrogens with two attached hydrogens (primary N) is 1. The van der Waals surface area contributed by atoms with E-state index in [4.69, 9.17) is 19.5 Å². The van der Waals surface area contributed by atoms with Gasteiger partial charge in [0.2, 0.25) is 0 Å². The molecule has 1 unspecified atom stereocenters. The number of aliphatic hydroxyl groups excluding tert-OH is 1. The number of hydrogen-bond acceptors (Lipinski definition) is 8. The summed E-state index contributed by atoms with van der Waals surface area (Å²) in [6.45, 7) is 3.79. The fourth-order valence-electron chi connectivity index (χ4n) is 5.53. The molecule has 6 rings (SSSR count). The minimum atomic E-state index is -4.47. The summed E-state index contributed by atoms with van der Waals surface area (Å²) in [7, 11) is -6.86. The molecule has 0 saturated carbocycles. The molecule has 208 valence electrons. The lowest BCUT2D eigenvalue weighted by Gasteiger charge is -2.27. The molecule has 4 atom stereocenters. The van der Waals surface area contributed by atoms with E-state index in [0.29, 0.717) is 0 Å². The quantitative estimate of drug-likeness (QED) is 0.142. The molecule has 4 N–H and O–H groups in total. The van der Waals surface area contributed by atoms with Crippen molar-refractivity contribution in [3.05, 3.63) is 77.3 Å². The highest BCUT2D eigenvalue weighted by molar-refractivity contribution is 7.47. The molecule has 1 fully saturated rings. The molecule has 5 aromatic rings. The van der Waals surface area contributed by atoms with E-state index < -0.39 is 40.0 Å². The summed E-state index contributed by atoms with van der Waals surface area (Å²) in [4.78, 5) is 26.3. The number of rotatable bonds is 8. The van der Waals surface area contributed by atoms with Gasteiger partial charge in [-0.25, -0.2) is 9.36 Å². The van der Waals surface area contributed by atoms with Crippen LogP contribution in [0.15, 0.2) is 71.7 Å². The summed E-state index contributed by atoms with van der Waals surface area (Å²) < 4.78 is 30.5. The van der Waals surface area contributed by atoms with Gasteiger partial charge in [-0.1, -0.05) is 67.7 Å². The van der Waals surface area contributed by atoms with Gasteiger partial charge in [0.05, 0.1) is 18.9 Å². The predicted octanol–water partition coefficient (Wildman–Crippen LogP) is 3.66. The smallest absolute Gasteiger partial charge is 0.390 e. The Hall–Kier alpha value is -3.15. The summed E-state index contributed by atoms with van der Waals surface area (Å²) in [6.07, 6.45) is -1.18. The summed E-state index contributed by atoms with van der Waals surface area (Å²) in [6, 6.07) is 20.4. The van der Waals surface area contributed by atoms with E-state index in [1.54, 1.807) is 0 Å². The molecule has 4 aromatic carbocycles. The van der Waals surface area contributed by atoms with E-state index in [9.17, 15) is 19.4 Å². The van der Waals surface area contributed by atoms with Crippen LogP contribution in [-0.2, 0) is 18.3 Å². The van der Waals surface area contributed by atoms with E-state index in [1.807, 2.05) is 0 Å². The van der Waals surface area contributed by atoms with E-state index in [1.165, 1.54) is 38.4 Å². The number of nitrogen functional groups attached to an aromatic ring is 1. The third kappa shape index (κ3) is 4.95. The number of ether oxygens (including phenoxy) is 1. The van der Waals surface area contributed by atoms with Crippen LogP contribution in [0.4, 0.5) is 5.82 Å². The van der Waals surface area contributed by atoms with Crippen molar-refractivity contribution >= 4 is 59.2 Å². The molecule has 0 bridgehead atoms. The minimum Gasteiger partial charge on any atom is -0.390 e. The van der Waals surface area contributed by atoms with Crippen molar-refractivity contribution in [3.63, 3.8) is 0 Å². The fourth-order valence-corrected chi connectivity index (χ4v) is 9.51. The molecule has 2 heterocycles. The van der Waals surface area contributed by atoms with Gasteiger partial charge in [0, 0.05) is 12.6 Å². The molecular formula is C28H30N3O7PSi. The second-order valence-electron chi connectivity index (χ2n) is 10.9. The zero-order valence-electron chi connectivity index (χ0n) is 22.1. The molecular weight excluding hydrogens is 549 g/mol. The first-order valence-electron chi connectivity index (χ1n) is 13.0. The summed E-state index contributed by atoms with van der Waals surface area (Å²) in [5.41, 5.74) is 4.91. The number of aliphatic hydroxyl groups is 1. The van der Waals surface area contributed by atoms with Crippen molar-refractivity contribution in [2.45, 2.75) is 38.0 Å². The topological polar surface area (TPSA) is 146 Å². The van der Waals surface area contributed by atoms with Crippen molar-refractivity contribution in [1.29, 1.82) is 0 Å². The molecule has 1 aliphatic rings. The van der Waals surface area contributed by atoms with Crippen LogP contribution in [0.2, 0.25) is 13.1 Å². The Labute approximate surface area is 230 Å². The first-order valence-corrected chi connectivity index (χ1v) is 17.7. The summed E-state index contributed by atoms with van der Waals surface area (Å²) in [5.74, 6) is 0.0756. The highest BCUT2D eigenvalue weighted by Crippen LogP contribution is 2.45. The Morgan fingerprint density at radius 1 is 1.05 bits per heavy atom. The molecule has 0 radical (unpaired) electrons. The molecule has 0 amide bonds. The normalized spacial score (nSPS) is 21.4. The maximum atomic E-state index is 12.9. The average Bonchev–Trinajstić information content (AvgIpc) is 3.29. The maximum absolute atomic E-state index is 12.9. The highest BCUT2D eigenvalue weighted by Gasteiger charge is 2.38. The number of aromatic nitrogens is 2. The molecule has 0 spiro atoms. The first-order chi connectivity index (χ1) is 19.0. The van der Waals surface area contributed by atoms with E-state index in [0.717, 1.165) is 16.0 Å². The van der Waals surface area contributed by atoms with Crippen molar-refractivity contribution < 1.29 is 28.3 Å². The Balaban J connectivity index is 1.16. The second-order valence-corrected chi connectivity index (χ2v) is 16.9. The number of nitrogens with zero attached hydrogens (tertiary/aromatic N) is 2. The number of phosphoric ester groups is 1. The Morgan fingerprint density at radius 2 is 1.73 bits per heavy atom. The van der Waals surface area contributed by atoms with Crippen LogP contribution in [0, 0.1) is 0 Å². The summed E-state index contributed by atoms with van der Waals surface area (Å²) >= 11 is 0. The van der Waals surface area contributed by atoms with E-state index in [2.05, 4.69) is 72.7 Å². The number of hydrogen-bond donors (Lipinski definition) is 3. The van der Waals surface area contributed by atoms with Crippen LogP contribution in [0.25, 0.3) is 32.3 Å². The van der Waals surface area contributed by atoms with Gasteiger partial charge in [-0.3, -0.25) is 13.6 Å². The molecule has 12 heteroatoms. The van der Waals surface area contributed by atoms with Crippen molar-refractivity contribution in [3.8, 4) is 0 Å². The van der Waals surface area contributed by atoms with Crippen molar-refractivity contribution in [2.24, 2.45) is 0 Å². The lowest BCUT2D eigenvalue weighted by atomic mass is 9.94. The minimum absolute atomic E-state index is 0.0496. The van der Waals surface area contributed by atoms with Crippen LogP contribution in [0.1, 0.15) is 12.6 Å². The van der Waals surface area contributed by atoms with Gasteiger partial charge < -0.3 is 20.5 Å². The predicted molar refractivity (Wildman–Crippen MR) is 156 cm³/mol. The van der Waals surface area contributed by atoms with Gasteiger partial charge in [0.1, 0.15) is 26.2 Å². The number of phosphoric acid groups is 1.